The maximum atomic E-state index is 12.8. The highest BCUT2D eigenvalue weighted by Gasteiger charge is 2.34. The van der Waals surface area contributed by atoms with Crippen LogP contribution in [0, 0.1) is 12.8 Å². The van der Waals surface area contributed by atoms with Crippen molar-refractivity contribution in [2.45, 2.75) is 24.8 Å². The Labute approximate surface area is 157 Å². The summed E-state index contributed by atoms with van der Waals surface area (Å²) in [6.45, 7) is 2.70. The number of aryl methyl sites for hydroxylation is 2. The molecule has 1 unspecified atom stereocenters. The number of aromatic nitrogens is 4. The Kier molecular flexibility index (Phi) is 4.56. The van der Waals surface area contributed by atoms with Gasteiger partial charge in [0.15, 0.2) is 10.9 Å². The molecule has 27 heavy (non-hydrogen) atoms. The molecule has 0 bridgehead atoms. The molecule has 3 heterocycles. The predicted octanol–water partition coefficient (Wildman–Crippen LogP) is 2.03. The summed E-state index contributed by atoms with van der Waals surface area (Å²) in [6, 6.07) is 9.58. The van der Waals surface area contributed by atoms with Gasteiger partial charge in [0.25, 0.3) is 15.9 Å². The van der Waals surface area contributed by atoms with Gasteiger partial charge in [0, 0.05) is 38.3 Å². The first-order chi connectivity index (χ1) is 12.9. The predicted molar refractivity (Wildman–Crippen MR) is 98.2 cm³/mol. The molecule has 1 aliphatic rings. The molecule has 0 amide bonds. The fourth-order valence-corrected chi connectivity index (χ4v) is 4.81. The third-order valence-corrected chi connectivity index (χ3v) is 6.64. The lowest BCUT2D eigenvalue weighted by molar-refractivity contribution is 0.411. The highest BCUT2D eigenvalue weighted by atomic mass is 32.2. The Hall–Kier alpha value is -2.52. The summed E-state index contributed by atoms with van der Waals surface area (Å²) >= 11 is 0. The molecule has 0 saturated carbocycles. The topological polar surface area (TPSA) is 94.1 Å². The van der Waals surface area contributed by atoms with E-state index in [0.29, 0.717) is 37.0 Å². The van der Waals surface area contributed by atoms with Gasteiger partial charge in [0.05, 0.1) is 0 Å². The van der Waals surface area contributed by atoms with Crippen molar-refractivity contribution < 1.29 is 12.9 Å². The molecule has 1 atom stereocenters. The Balaban J connectivity index is 1.44. The molecule has 0 aliphatic carbocycles. The zero-order valence-electron chi connectivity index (χ0n) is 15.2. The lowest BCUT2D eigenvalue weighted by Crippen LogP contribution is -2.29. The van der Waals surface area contributed by atoms with Crippen LogP contribution in [0.5, 0.6) is 0 Å². The van der Waals surface area contributed by atoms with Gasteiger partial charge >= 0.3 is 0 Å². The number of nitrogens with zero attached hydrogens (tertiary/aromatic N) is 5. The van der Waals surface area contributed by atoms with Crippen molar-refractivity contribution in [3.8, 4) is 11.5 Å². The van der Waals surface area contributed by atoms with E-state index in [-0.39, 0.29) is 10.9 Å². The zero-order valence-corrected chi connectivity index (χ0v) is 16.1. The lowest BCUT2D eigenvalue weighted by atomic mass is 10.1. The summed E-state index contributed by atoms with van der Waals surface area (Å²) in [5, 5.41) is 4.15. The maximum absolute atomic E-state index is 12.8. The van der Waals surface area contributed by atoms with Crippen molar-refractivity contribution in [3.63, 3.8) is 0 Å². The van der Waals surface area contributed by atoms with Crippen LogP contribution in [0.1, 0.15) is 18.1 Å². The number of sulfonamides is 1. The minimum absolute atomic E-state index is 0.106. The van der Waals surface area contributed by atoms with E-state index in [9.17, 15) is 8.42 Å². The Morgan fingerprint density at radius 2 is 2.00 bits per heavy atom. The second-order valence-electron chi connectivity index (χ2n) is 6.84. The Bertz CT molecular complexity index is 1020. The van der Waals surface area contributed by atoms with Crippen molar-refractivity contribution in [1.82, 2.24) is 24.0 Å². The first kappa shape index (κ1) is 17.9. The molecule has 0 spiro atoms. The van der Waals surface area contributed by atoms with Crippen molar-refractivity contribution in [2.75, 3.05) is 13.1 Å². The normalized spacial score (nSPS) is 18.2. The van der Waals surface area contributed by atoms with Crippen LogP contribution < -0.4 is 0 Å². The minimum Gasteiger partial charge on any atom is -0.337 e. The third kappa shape index (κ3) is 3.52. The molecule has 0 radical (unpaired) electrons. The summed E-state index contributed by atoms with van der Waals surface area (Å²) in [7, 11) is -1.78. The van der Waals surface area contributed by atoms with Gasteiger partial charge < -0.3 is 9.09 Å². The van der Waals surface area contributed by atoms with E-state index in [1.54, 1.807) is 24.7 Å². The molecule has 142 valence electrons. The molecular weight excluding hydrogens is 366 g/mol. The third-order valence-electron chi connectivity index (χ3n) is 4.90. The van der Waals surface area contributed by atoms with Crippen LogP contribution in [-0.4, -0.2) is 45.5 Å². The second-order valence-corrected chi connectivity index (χ2v) is 8.73. The van der Waals surface area contributed by atoms with Crippen molar-refractivity contribution in [3.05, 3.63) is 48.2 Å². The molecule has 4 rings (SSSR count). The smallest absolute Gasteiger partial charge is 0.262 e. The van der Waals surface area contributed by atoms with Crippen LogP contribution in [0.2, 0.25) is 0 Å². The molecule has 1 aliphatic heterocycles. The summed E-state index contributed by atoms with van der Waals surface area (Å²) in [5.74, 6) is 1.92. The molecule has 1 fully saturated rings. The van der Waals surface area contributed by atoms with E-state index in [0.717, 1.165) is 12.0 Å². The average Bonchev–Trinajstić information content (AvgIpc) is 3.38. The summed E-state index contributed by atoms with van der Waals surface area (Å²) in [6.07, 6.45) is 2.91. The summed E-state index contributed by atoms with van der Waals surface area (Å²) < 4.78 is 34.1. The zero-order chi connectivity index (χ0) is 19.0. The monoisotopic (exact) mass is 387 g/mol. The van der Waals surface area contributed by atoms with E-state index >= 15 is 0 Å². The first-order valence-electron chi connectivity index (χ1n) is 8.81. The van der Waals surface area contributed by atoms with Gasteiger partial charge in [-0.2, -0.15) is 9.29 Å². The highest BCUT2D eigenvalue weighted by Crippen LogP contribution is 2.26. The lowest BCUT2D eigenvalue weighted by Gasteiger charge is -2.14. The number of imidazole rings is 1. The molecule has 2 aromatic heterocycles. The van der Waals surface area contributed by atoms with Crippen LogP contribution in [0.4, 0.5) is 0 Å². The fourth-order valence-electron chi connectivity index (χ4n) is 3.26. The van der Waals surface area contributed by atoms with Crippen molar-refractivity contribution in [2.24, 2.45) is 13.0 Å². The average molecular weight is 387 g/mol. The van der Waals surface area contributed by atoms with Gasteiger partial charge in [0.2, 0.25) is 0 Å². The molecule has 3 aromatic rings. The Morgan fingerprint density at radius 1 is 1.22 bits per heavy atom. The van der Waals surface area contributed by atoms with E-state index < -0.39 is 10.0 Å². The fraction of sp³-hybridized carbons (Fsp3) is 0.389. The maximum Gasteiger partial charge on any atom is 0.262 e. The SMILES string of the molecule is Cc1nc(S(=O)(=O)N2CCC(Cc3noc(-c4ccccc4)n3)C2)cn1C. The number of hydrogen-bond acceptors (Lipinski definition) is 6. The molecular formula is C18H21N5O3S. The Morgan fingerprint density at radius 3 is 2.70 bits per heavy atom. The molecule has 1 aromatic carbocycles. The van der Waals surface area contributed by atoms with Crippen LogP contribution in [0.25, 0.3) is 11.5 Å². The van der Waals surface area contributed by atoms with Gasteiger partial charge in [-0.15, -0.1) is 0 Å². The van der Waals surface area contributed by atoms with Gasteiger partial charge in [-0.05, 0) is 31.4 Å². The summed E-state index contributed by atoms with van der Waals surface area (Å²) in [4.78, 5) is 8.61. The number of hydrogen-bond donors (Lipinski definition) is 0. The largest absolute Gasteiger partial charge is 0.337 e. The van der Waals surface area contributed by atoms with E-state index in [1.165, 1.54) is 4.31 Å². The highest BCUT2D eigenvalue weighted by molar-refractivity contribution is 7.89. The van der Waals surface area contributed by atoms with E-state index in [2.05, 4.69) is 15.1 Å². The van der Waals surface area contributed by atoms with Crippen LogP contribution in [-0.2, 0) is 23.5 Å². The molecule has 8 nitrogen and oxygen atoms in total. The molecule has 9 heteroatoms. The van der Waals surface area contributed by atoms with Gasteiger partial charge in [-0.1, -0.05) is 23.4 Å². The quantitative estimate of drug-likeness (QED) is 0.665. The van der Waals surface area contributed by atoms with Crippen LogP contribution in [0.3, 0.4) is 0 Å². The molecule has 1 saturated heterocycles. The number of rotatable bonds is 5. The van der Waals surface area contributed by atoms with Crippen molar-refractivity contribution >= 4 is 10.0 Å². The standard InChI is InChI=1S/C18H21N5O3S/c1-13-19-17(12-22(13)2)27(24,25)23-9-8-14(11-23)10-16-20-18(26-21-16)15-6-4-3-5-7-15/h3-7,12,14H,8-11H2,1-2H3. The van der Waals surface area contributed by atoms with Crippen molar-refractivity contribution in [1.29, 1.82) is 0 Å². The van der Waals surface area contributed by atoms with Gasteiger partial charge in [0.1, 0.15) is 5.82 Å². The first-order valence-corrected chi connectivity index (χ1v) is 10.3. The van der Waals surface area contributed by atoms with E-state index in [1.807, 2.05) is 30.3 Å². The van der Waals surface area contributed by atoms with E-state index in [4.69, 9.17) is 4.52 Å². The van der Waals surface area contributed by atoms with Crippen LogP contribution in [0.15, 0.2) is 46.1 Å². The molecule has 0 N–H and O–H groups in total. The summed E-state index contributed by atoms with van der Waals surface area (Å²) in [5.41, 5.74) is 0.873. The van der Waals surface area contributed by atoms with Gasteiger partial charge in [-0.3, -0.25) is 0 Å². The van der Waals surface area contributed by atoms with Gasteiger partial charge in [-0.25, -0.2) is 13.4 Å². The second kappa shape index (κ2) is 6.90. The minimum atomic E-state index is -3.57. The van der Waals surface area contributed by atoms with Crippen LogP contribution >= 0.6 is 0 Å². The number of benzene rings is 1.